The van der Waals surface area contributed by atoms with Crippen LogP contribution in [0.1, 0.15) is 33.3 Å². The van der Waals surface area contributed by atoms with E-state index in [1.807, 2.05) is 64.7 Å². The fraction of sp³-hybridized carbons (Fsp3) is 0.565. The van der Waals surface area contributed by atoms with Gasteiger partial charge in [0.25, 0.3) is 0 Å². The molecule has 184 valence electrons. The van der Waals surface area contributed by atoms with Crippen LogP contribution in [0.3, 0.4) is 0 Å². The van der Waals surface area contributed by atoms with Crippen molar-refractivity contribution in [3.05, 3.63) is 35.9 Å². The first-order valence-corrected chi connectivity index (χ1v) is 13.0. The van der Waals surface area contributed by atoms with Crippen LogP contribution in [0, 0.1) is 5.92 Å². The van der Waals surface area contributed by atoms with Crippen molar-refractivity contribution in [2.24, 2.45) is 11.7 Å². The highest BCUT2D eigenvalue weighted by atomic mass is 31.1. The van der Waals surface area contributed by atoms with Gasteiger partial charge in [0, 0.05) is 31.0 Å². The van der Waals surface area contributed by atoms with E-state index in [2.05, 4.69) is 21.3 Å². The lowest BCUT2D eigenvalue weighted by Gasteiger charge is -2.29. The number of rotatable bonds is 13. The number of hydrogen-bond donors (Lipinski definition) is 5. The van der Waals surface area contributed by atoms with Crippen LogP contribution in [-0.2, 0) is 20.8 Å². The van der Waals surface area contributed by atoms with Crippen molar-refractivity contribution >= 4 is 31.3 Å². The van der Waals surface area contributed by atoms with Crippen LogP contribution in [0.15, 0.2) is 30.3 Å². The Kier molecular flexibility index (Phi) is 12.0. The standard InChI is InChI=1S/C23H38N5O4P/c1-16(2)20(30)28-23(3,4)15-33(5)22(32)26-14-19(29)27-18(21(31)25-12-11-24)13-17-9-7-6-8-10-17/h6-10,16,18H,11-15,24H2,1-5H3,(H,25,31)(H,26,32)(H,27,29)(H,28,30). The van der Waals surface area contributed by atoms with Gasteiger partial charge in [-0.2, -0.15) is 0 Å². The Bertz CT molecular complexity index is 801. The lowest BCUT2D eigenvalue weighted by Crippen LogP contribution is -2.51. The predicted octanol–water partition coefficient (Wildman–Crippen LogP) is 1.16. The maximum absolute atomic E-state index is 12.5. The van der Waals surface area contributed by atoms with E-state index in [-0.39, 0.29) is 29.9 Å². The van der Waals surface area contributed by atoms with Gasteiger partial charge in [-0.25, -0.2) is 0 Å². The Balaban J connectivity index is 2.63. The summed E-state index contributed by atoms with van der Waals surface area (Å²) in [6.07, 6.45) is 0.799. The van der Waals surface area contributed by atoms with Crippen molar-refractivity contribution in [1.29, 1.82) is 0 Å². The summed E-state index contributed by atoms with van der Waals surface area (Å²) < 4.78 is 0. The summed E-state index contributed by atoms with van der Waals surface area (Å²) in [5.41, 5.74) is 5.58. The average Bonchev–Trinajstić information content (AvgIpc) is 2.75. The van der Waals surface area contributed by atoms with Gasteiger partial charge in [0.05, 0.1) is 6.54 Å². The van der Waals surface area contributed by atoms with Gasteiger partial charge in [-0.3, -0.25) is 19.2 Å². The smallest absolute Gasteiger partial charge is 0.242 e. The Labute approximate surface area is 197 Å². The molecule has 10 heteroatoms. The third kappa shape index (κ3) is 11.3. The molecular weight excluding hydrogens is 441 g/mol. The molecule has 2 unspecified atom stereocenters. The molecule has 33 heavy (non-hydrogen) atoms. The molecule has 6 N–H and O–H groups in total. The van der Waals surface area contributed by atoms with E-state index in [9.17, 15) is 19.2 Å². The van der Waals surface area contributed by atoms with Gasteiger partial charge in [-0.05, 0) is 40.2 Å². The molecule has 0 saturated carbocycles. The number of carbonyl (C=O) groups excluding carboxylic acids is 4. The SMILES string of the molecule is CC(C)C(=O)NC(C)(C)CP(C)C(=O)NCC(=O)NC(Cc1ccccc1)C(=O)NCCN. The van der Waals surface area contributed by atoms with E-state index in [1.54, 1.807) is 0 Å². The minimum Gasteiger partial charge on any atom is -0.353 e. The molecule has 1 aromatic carbocycles. The van der Waals surface area contributed by atoms with Gasteiger partial charge in [0.2, 0.25) is 23.4 Å². The molecule has 0 aromatic heterocycles. The zero-order valence-electron chi connectivity index (χ0n) is 20.2. The molecule has 0 spiro atoms. The third-order valence-corrected chi connectivity index (χ3v) is 6.86. The van der Waals surface area contributed by atoms with Crippen molar-refractivity contribution < 1.29 is 19.2 Å². The first kappa shape index (κ1) is 28.5. The van der Waals surface area contributed by atoms with Crippen molar-refractivity contribution in [3.8, 4) is 0 Å². The Hall–Kier alpha value is -2.51. The zero-order valence-corrected chi connectivity index (χ0v) is 21.1. The quantitative estimate of drug-likeness (QED) is 0.270. The number of benzene rings is 1. The number of amides is 4. The van der Waals surface area contributed by atoms with Crippen LogP contribution in [-0.4, -0.2) is 67.4 Å². The number of nitrogens with two attached hydrogens (primary N) is 1. The maximum atomic E-state index is 12.5. The molecule has 1 aromatic rings. The minimum absolute atomic E-state index is 0.0689. The zero-order chi connectivity index (χ0) is 25.0. The third-order valence-electron chi connectivity index (χ3n) is 4.74. The molecule has 0 aliphatic rings. The van der Waals surface area contributed by atoms with Gasteiger partial charge < -0.3 is 27.0 Å². The van der Waals surface area contributed by atoms with Gasteiger partial charge in [0.1, 0.15) is 6.04 Å². The summed E-state index contributed by atoms with van der Waals surface area (Å²) in [5, 5.41) is 11.0. The molecule has 4 amide bonds. The van der Waals surface area contributed by atoms with Crippen molar-refractivity contribution in [3.63, 3.8) is 0 Å². The Morgan fingerprint density at radius 2 is 1.67 bits per heavy atom. The topological polar surface area (TPSA) is 142 Å². The van der Waals surface area contributed by atoms with Gasteiger partial charge in [0.15, 0.2) is 0 Å². The molecule has 0 radical (unpaired) electrons. The fourth-order valence-corrected chi connectivity index (χ4v) is 4.85. The van der Waals surface area contributed by atoms with E-state index in [0.717, 1.165) is 5.56 Å². The summed E-state index contributed by atoms with van der Waals surface area (Å²) in [4.78, 5) is 49.5. The molecule has 0 fully saturated rings. The van der Waals surface area contributed by atoms with Crippen LogP contribution in [0.4, 0.5) is 4.79 Å². The monoisotopic (exact) mass is 479 g/mol. The summed E-state index contributed by atoms with van der Waals surface area (Å²) in [6.45, 7) is 9.55. The second kappa shape index (κ2) is 13.9. The van der Waals surface area contributed by atoms with E-state index in [0.29, 0.717) is 25.7 Å². The van der Waals surface area contributed by atoms with Crippen LogP contribution in [0.2, 0.25) is 0 Å². The summed E-state index contributed by atoms with van der Waals surface area (Å²) in [7, 11) is -1.13. The van der Waals surface area contributed by atoms with Crippen LogP contribution >= 0.6 is 7.92 Å². The molecule has 9 nitrogen and oxygen atoms in total. The summed E-state index contributed by atoms with van der Waals surface area (Å²) in [6, 6.07) is 8.57. The highest BCUT2D eigenvalue weighted by Gasteiger charge is 2.28. The molecule has 0 bridgehead atoms. The Morgan fingerprint density at radius 1 is 1.03 bits per heavy atom. The molecule has 0 saturated heterocycles. The van der Waals surface area contributed by atoms with Gasteiger partial charge >= 0.3 is 0 Å². The van der Waals surface area contributed by atoms with Crippen LogP contribution in [0.25, 0.3) is 0 Å². The highest BCUT2D eigenvalue weighted by molar-refractivity contribution is 7.74. The molecule has 0 aliphatic carbocycles. The largest absolute Gasteiger partial charge is 0.353 e. The molecular formula is C23H38N5O4P. The van der Waals surface area contributed by atoms with Gasteiger partial charge in [-0.15, -0.1) is 0 Å². The van der Waals surface area contributed by atoms with E-state index < -0.39 is 25.4 Å². The normalized spacial score (nSPS) is 13.1. The lowest BCUT2D eigenvalue weighted by molar-refractivity contribution is -0.128. The van der Waals surface area contributed by atoms with Crippen molar-refractivity contribution in [2.75, 3.05) is 32.5 Å². The van der Waals surface area contributed by atoms with Crippen molar-refractivity contribution in [2.45, 2.75) is 45.7 Å². The first-order valence-electron chi connectivity index (χ1n) is 11.1. The van der Waals surface area contributed by atoms with Crippen molar-refractivity contribution in [1.82, 2.24) is 21.3 Å². The molecule has 0 heterocycles. The molecule has 1 rings (SSSR count). The lowest BCUT2D eigenvalue weighted by atomic mass is 10.1. The van der Waals surface area contributed by atoms with Crippen LogP contribution in [0.5, 0.6) is 0 Å². The minimum atomic E-state index is -1.13. The Morgan fingerprint density at radius 3 is 2.24 bits per heavy atom. The molecule has 0 aliphatic heterocycles. The maximum Gasteiger partial charge on any atom is 0.242 e. The van der Waals surface area contributed by atoms with Gasteiger partial charge in [-0.1, -0.05) is 44.2 Å². The van der Waals surface area contributed by atoms with E-state index >= 15 is 0 Å². The first-order chi connectivity index (χ1) is 15.4. The highest BCUT2D eigenvalue weighted by Crippen LogP contribution is 2.35. The summed E-state index contributed by atoms with van der Waals surface area (Å²) in [5.74, 6) is -0.997. The second-order valence-electron chi connectivity index (χ2n) is 8.93. The second-order valence-corrected chi connectivity index (χ2v) is 11.1. The number of nitrogens with one attached hydrogen (secondary N) is 4. The average molecular weight is 480 g/mol. The summed E-state index contributed by atoms with van der Waals surface area (Å²) >= 11 is 0. The molecule has 2 atom stereocenters. The predicted molar refractivity (Wildman–Crippen MR) is 132 cm³/mol. The van der Waals surface area contributed by atoms with Crippen LogP contribution < -0.4 is 27.0 Å². The van der Waals surface area contributed by atoms with E-state index in [4.69, 9.17) is 5.73 Å². The fourth-order valence-electron chi connectivity index (χ4n) is 3.10. The number of hydrogen-bond acceptors (Lipinski definition) is 5. The number of carbonyl (C=O) groups is 4. The van der Waals surface area contributed by atoms with E-state index in [1.165, 1.54) is 0 Å².